The van der Waals surface area contributed by atoms with Crippen molar-refractivity contribution >= 4 is 41.8 Å². The summed E-state index contributed by atoms with van der Waals surface area (Å²) >= 11 is 0. The van der Waals surface area contributed by atoms with E-state index >= 15 is 0 Å². The molecule has 0 saturated carbocycles. The number of carbonyl (C=O) groups excluding carboxylic acids is 2. The molecule has 11 nitrogen and oxygen atoms in total. The van der Waals surface area contributed by atoms with Crippen LogP contribution in [0, 0.1) is 10.8 Å². The van der Waals surface area contributed by atoms with Gasteiger partial charge in [0.25, 0.3) is 0 Å². The summed E-state index contributed by atoms with van der Waals surface area (Å²) in [5.74, 6) is -0.575. The average Bonchev–Trinajstić information content (AvgIpc) is 2.88. The third-order valence-electron chi connectivity index (χ3n) is 5.52. The molecule has 40 heavy (non-hydrogen) atoms. The highest BCUT2D eigenvalue weighted by molar-refractivity contribution is 7.53. The van der Waals surface area contributed by atoms with E-state index in [1.165, 1.54) is 0 Å². The Labute approximate surface area is 234 Å². The third kappa shape index (κ3) is 8.74. The topological polar surface area (TPSA) is 135 Å². The van der Waals surface area contributed by atoms with Gasteiger partial charge in [-0.15, -0.1) is 0 Å². The SMILES string of the molecule is COc1cc2nccc(Nc3ccc(CP(=O)(OCOC(=O)C(C)(C)C)OCOC(=O)C(C)(C)C)cc3)c2cn1. The lowest BCUT2D eigenvalue weighted by molar-refractivity contribution is -0.162. The Balaban J connectivity index is 1.71. The van der Waals surface area contributed by atoms with E-state index in [9.17, 15) is 14.2 Å². The number of esters is 2. The quantitative estimate of drug-likeness (QED) is 0.159. The monoisotopic (exact) mass is 573 g/mol. The highest BCUT2D eigenvalue weighted by Gasteiger charge is 2.30. The van der Waals surface area contributed by atoms with Crippen LogP contribution in [0.3, 0.4) is 0 Å². The number of anilines is 2. The standard InChI is InChI=1S/C28H36N3O8P/c1-27(2,3)25(32)36-17-38-40(34,39-18-37-26(33)28(4,5)6)16-19-8-10-20(11-9-19)31-22-12-13-29-23-14-24(35-7)30-15-21(22)23/h8-15H,16-18H2,1-7H3,(H,29,31). The van der Waals surface area contributed by atoms with Crippen molar-refractivity contribution in [3.63, 3.8) is 0 Å². The Morgan fingerprint density at radius 1 is 0.875 bits per heavy atom. The van der Waals surface area contributed by atoms with Gasteiger partial charge < -0.3 is 19.5 Å². The predicted molar refractivity (Wildman–Crippen MR) is 150 cm³/mol. The maximum atomic E-state index is 13.6. The molecule has 1 N–H and O–H groups in total. The molecule has 0 amide bonds. The van der Waals surface area contributed by atoms with Crippen molar-refractivity contribution in [2.75, 3.05) is 26.0 Å². The van der Waals surface area contributed by atoms with Crippen molar-refractivity contribution in [3.8, 4) is 5.88 Å². The molecule has 0 bridgehead atoms. The first-order chi connectivity index (χ1) is 18.7. The van der Waals surface area contributed by atoms with Crippen LogP contribution < -0.4 is 10.1 Å². The summed E-state index contributed by atoms with van der Waals surface area (Å²) in [5.41, 5.74) is 1.39. The average molecular weight is 574 g/mol. The third-order valence-corrected chi connectivity index (χ3v) is 7.27. The molecule has 3 rings (SSSR count). The molecule has 2 heterocycles. The second-order valence-corrected chi connectivity index (χ2v) is 13.1. The first kappa shape index (κ1) is 31.0. The van der Waals surface area contributed by atoms with Crippen LogP contribution in [0.1, 0.15) is 47.1 Å². The summed E-state index contributed by atoms with van der Waals surface area (Å²) in [6.45, 7) is 8.99. The van der Waals surface area contributed by atoms with Crippen LogP contribution in [0.25, 0.3) is 10.9 Å². The maximum absolute atomic E-state index is 13.6. The summed E-state index contributed by atoms with van der Waals surface area (Å²) in [6.07, 6.45) is 3.22. The van der Waals surface area contributed by atoms with Crippen molar-refractivity contribution < 1.29 is 37.4 Å². The minimum Gasteiger partial charge on any atom is -0.481 e. The van der Waals surface area contributed by atoms with Gasteiger partial charge in [0, 0.05) is 29.5 Å². The molecule has 0 atom stereocenters. The van der Waals surface area contributed by atoms with E-state index in [0.717, 1.165) is 22.3 Å². The highest BCUT2D eigenvalue weighted by Crippen LogP contribution is 2.51. The van der Waals surface area contributed by atoms with Gasteiger partial charge in [0.2, 0.25) is 19.5 Å². The van der Waals surface area contributed by atoms with Crippen LogP contribution in [-0.4, -0.2) is 42.6 Å². The van der Waals surface area contributed by atoms with E-state index in [-0.39, 0.29) is 6.16 Å². The molecule has 0 fully saturated rings. The number of fused-ring (bicyclic) bond motifs is 1. The zero-order valence-electron chi connectivity index (χ0n) is 23.8. The highest BCUT2D eigenvalue weighted by atomic mass is 31.2. The molecule has 1 aromatic carbocycles. The molecule has 12 heteroatoms. The lowest BCUT2D eigenvalue weighted by atomic mass is 9.98. The minimum absolute atomic E-state index is 0.144. The van der Waals surface area contributed by atoms with Crippen molar-refractivity contribution in [3.05, 3.63) is 54.4 Å². The van der Waals surface area contributed by atoms with E-state index in [4.69, 9.17) is 23.3 Å². The van der Waals surface area contributed by atoms with Gasteiger partial charge in [-0.3, -0.25) is 28.2 Å². The number of ether oxygens (including phenoxy) is 3. The number of nitrogens with zero attached hydrogens (tertiary/aromatic N) is 2. The van der Waals surface area contributed by atoms with E-state index in [0.29, 0.717) is 11.4 Å². The van der Waals surface area contributed by atoms with Gasteiger partial charge in [0.1, 0.15) is 0 Å². The first-order valence-corrected chi connectivity index (χ1v) is 14.3. The Morgan fingerprint density at radius 3 is 1.98 bits per heavy atom. The predicted octanol–water partition coefficient (Wildman–Crippen LogP) is 6.20. The number of rotatable bonds is 11. The van der Waals surface area contributed by atoms with E-state index < -0.39 is 44.0 Å². The number of aromatic nitrogens is 2. The molecule has 0 saturated heterocycles. The molecule has 0 unspecified atom stereocenters. The number of pyridine rings is 2. The van der Waals surface area contributed by atoms with Gasteiger partial charge in [-0.1, -0.05) is 12.1 Å². The maximum Gasteiger partial charge on any atom is 0.340 e. The number of hydrogen-bond acceptors (Lipinski definition) is 11. The number of carbonyl (C=O) groups is 2. The Hall–Kier alpha value is -3.53. The van der Waals surface area contributed by atoms with Gasteiger partial charge >= 0.3 is 19.5 Å². The van der Waals surface area contributed by atoms with Crippen molar-refractivity contribution in [2.24, 2.45) is 10.8 Å². The zero-order chi connectivity index (χ0) is 29.6. The molecule has 0 radical (unpaired) electrons. The van der Waals surface area contributed by atoms with E-state index in [2.05, 4.69) is 15.3 Å². The number of hydrogen-bond donors (Lipinski definition) is 1. The number of benzene rings is 1. The number of nitrogens with one attached hydrogen (secondary N) is 1. The van der Waals surface area contributed by atoms with Gasteiger partial charge in [-0.05, 0) is 65.3 Å². The lowest BCUT2D eigenvalue weighted by Gasteiger charge is -2.22. The fourth-order valence-corrected chi connectivity index (χ4v) is 4.54. The summed E-state index contributed by atoms with van der Waals surface area (Å²) in [7, 11) is -2.34. The van der Waals surface area contributed by atoms with Crippen LogP contribution in [-0.2, 0) is 38.8 Å². The smallest absolute Gasteiger partial charge is 0.340 e. The largest absolute Gasteiger partial charge is 0.481 e. The second-order valence-electron chi connectivity index (χ2n) is 11.1. The second kappa shape index (κ2) is 12.8. The Morgan fingerprint density at radius 2 is 1.45 bits per heavy atom. The van der Waals surface area contributed by atoms with Crippen molar-refractivity contribution in [1.29, 1.82) is 0 Å². The van der Waals surface area contributed by atoms with Crippen LogP contribution in [0.5, 0.6) is 5.88 Å². The molecule has 0 aliphatic carbocycles. The normalized spacial score (nSPS) is 12.2. The van der Waals surface area contributed by atoms with Crippen LogP contribution in [0.15, 0.2) is 48.8 Å². The van der Waals surface area contributed by atoms with Gasteiger partial charge in [-0.2, -0.15) is 0 Å². The summed E-state index contributed by atoms with van der Waals surface area (Å²) in [5, 5.41) is 4.14. The van der Waals surface area contributed by atoms with E-state index in [1.807, 2.05) is 18.2 Å². The lowest BCUT2D eigenvalue weighted by Crippen LogP contribution is -2.24. The molecule has 216 valence electrons. The Kier molecular flexibility index (Phi) is 9.89. The first-order valence-electron chi connectivity index (χ1n) is 12.6. The molecule has 0 aliphatic heterocycles. The molecule has 0 spiro atoms. The minimum atomic E-state index is -3.88. The Bertz CT molecular complexity index is 1350. The van der Waals surface area contributed by atoms with Crippen LogP contribution >= 0.6 is 7.60 Å². The molecule has 0 aliphatic rings. The van der Waals surface area contributed by atoms with E-state index in [1.54, 1.807) is 79.2 Å². The summed E-state index contributed by atoms with van der Waals surface area (Å²) in [6, 6.07) is 10.7. The zero-order valence-corrected chi connectivity index (χ0v) is 24.7. The fraction of sp³-hybridized carbons (Fsp3) is 0.429. The molecular weight excluding hydrogens is 537 g/mol. The fourth-order valence-electron chi connectivity index (χ4n) is 3.20. The van der Waals surface area contributed by atoms with Crippen molar-refractivity contribution in [2.45, 2.75) is 47.7 Å². The molecular formula is C28H36N3O8P. The van der Waals surface area contributed by atoms with Crippen LogP contribution in [0.4, 0.5) is 11.4 Å². The molecule has 3 aromatic rings. The van der Waals surface area contributed by atoms with Crippen molar-refractivity contribution in [1.82, 2.24) is 9.97 Å². The number of methoxy groups -OCH3 is 1. The van der Waals surface area contributed by atoms with Crippen LogP contribution in [0.2, 0.25) is 0 Å². The van der Waals surface area contributed by atoms with Gasteiger partial charge in [0.05, 0.1) is 35.3 Å². The summed E-state index contributed by atoms with van der Waals surface area (Å²) in [4.78, 5) is 32.8. The van der Waals surface area contributed by atoms with Gasteiger partial charge in [0.15, 0.2) is 0 Å². The molecule has 2 aromatic heterocycles. The summed E-state index contributed by atoms with van der Waals surface area (Å²) < 4.78 is 39.8. The van der Waals surface area contributed by atoms with Gasteiger partial charge in [-0.25, -0.2) is 4.98 Å².